The van der Waals surface area contributed by atoms with Crippen LogP contribution in [0.5, 0.6) is 0 Å². The van der Waals surface area contributed by atoms with Gasteiger partial charge in [0, 0.05) is 31.3 Å². The van der Waals surface area contributed by atoms with E-state index in [9.17, 15) is 4.79 Å². The number of likely N-dealkylation sites (N-methyl/N-ethyl adjacent to an activating group) is 1. The number of carbonyl (C=O) groups excluding carboxylic acids is 1. The molecule has 1 amide bonds. The lowest BCUT2D eigenvalue weighted by molar-refractivity contribution is -0.122. The number of fused-ring (bicyclic) bond motifs is 1. The van der Waals surface area contributed by atoms with Gasteiger partial charge in [-0.15, -0.1) is 5.10 Å². The monoisotopic (exact) mass is 456 g/mol. The van der Waals surface area contributed by atoms with E-state index in [0.29, 0.717) is 17.9 Å². The lowest BCUT2D eigenvalue weighted by atomic mass is 9.77. The molecule has 1 aliphatic heterocycles. The molecule has 10 heteroatoms. The molecule has 0 radical (unpaired) electrons. The van der Waals surface area contributed by atoms with Gasteiger partial charge in [-0.3, -0.25) is 9.59 Å². The number of carboxylic acid groups (broad SMARTS) is 1. The van der Waals surface area contributed by atoms with Crippen LogP contribution in [-0.2, 0) is 9.53 Å². The van der Waals surface area contributed by atoms with Crippen molar-refractivity contribution in [1.82, 2.24) is 30.0 Å². The third-order valence-electron chi connectivity index (χ3n) is 7.01. The largest absolute Gasteiger partial charge is 0.483 e. The molecule has 2 heterocycles. The summed E-state index contributed by atoms with van der Waals surface area (Å²) in [5.74, 6) is 1.99. The third kappa shape index (κ3) is 5.56. The second kappa shape index (κ2) is 10.4. The minimum absolute atomic E-state index is 0.115. The van der Waals surface area contributed by atoms with E-state index in [4.69, 9.17) is 14.6 Å². The molecule has 10 nitrogen and oxygen atoms in total. The smallest absolute Gasteiger partial charge is 0.290 e. The topological polar surface area (TPSA) is 114 Å². The van der Waals surface area contributed by atoms with Crippen molar-refractivity contribution in [2.45, 2.75) is 37.8 Å². The van der Waals surface area contributed by atoms with Crippen molar-refractivity contribution in [3.63, 3.8) is 0 Å². The van der Waals surface area contributed by atoms with E-state index in [-0.39, 0.29) is 18.5 Å². The number of aromatic nitrogens is 4. The fourth-order valence-corrected chi connectivity index (χ4v) is 5.04. The highest BCUT2D eigenvalue weighted by atomic mass is 16.5. The van der Waals surface area contributed by atoms with Gasteiger partial charge in [0.15, 0.2) is 0 Å². The summed E-state index contributed by atoms with van der Waals surface area (Å²) in [6.07, 6.45) is 6.63. The summed E-state index contributed by atoms with van der Waals surface area (Å²) in [5.41, 5.74) is 1.56. The van der Waals surface area contributed by atoms with Crippen LogP contribution >= 0.6 is 0 Å². The molecule has 1 aromatic carbocycles. The molecule has 5 rings (SSSR count). The van der Waals surface area contributed by atoms with Crippen molar-refractivity contribution in [2.24, 2.45) is 17.8 Å². The van der Waals surface area contributed by atoms with Gasteiger partial charge in [0.1, 0.15) is 6.33 Å². The summed E-state index contributed by atoms with van der Waals surface area (Å²) in [5, 5.41) is 18.1. The lowest BCUT2D eigenvalue weighted by Gasteiger charge is -2.41. The summed E-state index contributed by atoms with van der Waals surface area (Å²) >= 11 is 0. The molecule has 1 aromatic heterocycles. The zero-order chi connectivity index (χ0) is 23.4. The second-order valence-electron chi connectivity index (χ2n) is 9.45. The molecule has 0 spiro atoms. The number of nitrogens with zero attached hydrogens (tertiary/aromatic N) is 6. The van der Waals surface area contributed by atoms with E-state index in [0.717, 1.165) is 49.7 Å². The molecule has 2 aromatic rings. The lowest BCUT2D eigenvalue weighted by Crippen LogP contribution is -2.48. The van der Waals surface area contributed by atoms with Gasteiger partial charge in [-0.05, 0) is 92.2 Å². The van der Waals surface area contributed by atoms with Gasteiger partial charge in [-0.2, -0.15) is 0 Å². The Balaban J connectivity index is 0.000000821. The molecule has 1 saturated heterocycles. The molecule has 0 unspecified atom stereocenters. The molecule has 3 fully saturated rings. The number of hydrogen-bond donors (Lipinski definition) is 1. The van der Waals surface area contributed by atoms with Crippen molar-refractivity contribution in [2.75, 3.05) is 33.8 Å². The maximum absolute atomic E-state index is 13.1. The quantitative estimate of drug-likeness (QED) is 0.652. The van der Waals surface area contributed by atoms with Crippen LogP contribution in [-0.4, -0.2) is 93.4 Å². The molecule has 178 valence electrons. The van der Waals surface area contributed by atoms with Crippen LogP contribution in [0.4, 0.5) is 0 Å². The summed E-state index contributed by atoms with van der Waals surface area (Å²) < 4.78 is 7.94. The molecule has 0 bridgehead atoms. The van der Waals surface area contributed by atoms with E-state index < -0.39 is 0 Å². The number of amides is 1. The van der Waals surface area contributed by atoms with Crippen molar-refractivity contribution in [3.05, 3.63) is 36.2 Å². The Hall–Kier alpha value is -2.85. The normalized spacial score (nSPS) is 26.5. The maximum Gasteiger partial charge on any atom is 0.290 e. The fraction of sp³-hybridized carbons (Fsp3) is 0.609. The Bertz CT molecular complexity index is 916. The molecule has 4 atom stereocenters. The minimum Gasteiger partial charge on any atom is -0.483 e. The average molecular weight is 457 g/mol. The van der Waals surface area contributed by atoms with Crippen LogP contribution < -0.4 is 0 Å². The standard InChI is InChI=1S/C22H30N6O2.CH2O2/c1-26(2)20-9-17-11-27(12-18(17)10-21(20)30-13-15-3-4-15)22(29)16-5-7-19(8-6-16)28-14-23-24-25-28;2-1-3/h5-8,14-15,17-18,20-21H,3-4,9-13H2,1-2H3;1H,(H,2,3)/t17-,18+,20-,21-;/m1./s1. The first kappa shape index (κ1) is 23.3. The Morgan fingerprint density at radius 2 is 1.85 bits per heavy atom. The number of rotatable bonds is 6. The average Bonchev–Trinajstić information content (AvgIpc) is 3.30. The van der Waals surface area contributed by atoms with E-state index in [1.54, 1.807) is 11.0 Å². The van der Waals surface area contributed by atoms with Crippen LogP contribution in [0.1, 0.15) is 36.0 Å². The second-order valence-corrected chi connectivity index (χ2v) is 9.45. The van der Waals surface area contributed by atoms with Crippen LogP contribution in [0.25, 0.3) is 5.69 Å². The Morgan fingerprint density at radius 1 is 1.18 bits per heavy atom. The number of carbonyl (C=O) groups is 2. The Morgan fingerprint density at radius 3 is 2.42 bits per heavy atom. The summed E-state index contributed by atoms with van der Waals surface area (Å²) in [7, 11) is 4.31. The van der Waals surface area contributed by atoms with Crippen molar-refractivity contribution < 1.29 is 19.4 Å². The number of tetrazole rings is 1. The van der Waals surface area contributed by atoms with Gasteiger partial charge < -0.3 is 19.6 Å². The third-order valence-corrected chi connectivity index (χ3v) is 7.01. The van der Waals surface area contributed by atoms with Gasteiger partial charge in [0.25, 0.3) is 12.4 Å². The van der Waals surface area contributed by atoms with E-state index in [2.05, 4.69) is 34.5 Å². The summed E-state index contributed by atoms with van der Waals surface area (Å²) in [6, 6.07) is 7.94. The first-order valence-electron chi connectivity index (χ1n) is 11.5. The van der Waals surface area contributed by atoms with Crippen molar-refractivity contribution in [3.8, 4) is 5.69 Å². The van der Waals surface area contributed by atoms with E-state index >= 15 is 0 Å². The van der Waals surface area contributed by atoms with Gasteiger partial charge in [0.05, 0.1) is 11.8 Å². The highest BCUT2D eigenvalue weighted by Crippen LogP contribution is 2.40. The zero-order valence-corrected chi connectivity index (χ0v) is 19.2. The predicted octanol–water partition coefficient (Wildman–Crippen LogP) is 1.57. The molecule has 2 aliphatic carbocycles. The Labute approximate surface area is 193 Å². The number of benzene rings is 1. The highest BCUT2D eigenvalue weighted by molar-refractivity contribution is 5.94. The van der Waals surface area contributed by atoms with Gasteiger partial charge in [-0.25, -0.2) is 4.68 Å². The van der Waals surface area contributed by atoms with E-state index in [1.807, 2.05) is 29.2 Å². The number of likely N-dealkylation sites (tertiary alicyclic amines) is 1. The van der Waals surface area contributed by atoms with Crippen LogP contribution in [0.2, 0.25) is 0 Å². The number of hydrogen-bond acceptors (Lipinski definition) is 7. The van der Waals surface area contributed by atoms with Crippen molar-refractivity contribution >= 4 is 12.4 Å². The summed E-state index contributed by atoms with van der Waals surface area (Å²) in [4.78, 5) is 25.9. The minimum atomic E-state index is -0.250. The van der Waals surface area contributed by atoms with Gasteiger partial charge in [-0.1, -0.05) is 0 Å². The molecular weight excluding hydrogens is 424 g/mol. The summed E-state index contributed by atoms with van der Waals surface area (Å²) in [6.45, 7) is 2.34. The fourth-order valence-electron chi connectivity index (χ4n) is 5.04. The SMILES string of the molecule is CN(C)[C@@H]1C[C@@H]2CN(C(=O)c3ccc(-n4cnnn4)cc3)C[C@@H]2C[C@H]1OCC1CC1.O=CO. The van der Waals surface area contributed by atoms with Crippen molar-refractivity contribution in [1.29, 1.82) is 0 Å². The first-order chi connectivity index (χ1) is 16.0. The molecule has 3 aliphatic rings. The van der Waals surface area contributed by atoms with Crippen LogP contribution in [0, 0.1) is 17.8 Å². The zero-order valence-electron chi connectivity index (χ0n) is 19.2. The molecular formula is C23H32N6O4. The van der Waals surface area contributed by atoms with Gasteiger partial charge in [0.2, 0.25) is 0 Å². The molecule has 33 heavy (non-hydrogen) atoms. The van der Waals surface area contributed by atoms with Crippen LogP contribution in [0.3, 0.4) is 0 Å². The molecule has 1 N–H and O–H groups in total. The Kier molecular flexibility index (Phi) is 7.34. The first-order valence-corrected chi connectivity index (χ1v) is 11.5. The highest BCUT2D eigenvalue weighted by Gasteiger charge is 2.45. The van der Waals surface area contributed by atoms with Gasteiger partial charge >= 0.3 is 0 Å². The van der Waals surface area contributed by atoms with Crippen LogP contribution in [0.15, 0.2) is 30.6 Å². The number of ether oxygens (including phenoxy) is 1. The molecule has 2 saturated carbocycles. The van der Waals surface area contributed by atoms with E-state index in [1.165, 1.54) is 12.8 Å². The predicted molar refractivity (Wildman–Crippen MR) is 120 cm³/mol. The maximum atomic E-state index is 13.1.